The number of carboxylic acids is 3. The molecule has 0 saturated carbocycles. The molecule has 0 spiro atoms. The number of anilines is 1. The maximum Gasteiger partial charge on any atom is 0.340 e. The smallest absolute Gasteiger partial charge is 0.340 e. The number of hydrogen-bond donors (Lipinski definition) is 4. The number of carboxylic acid groups (broad SMARTS) is 3. The highest BCUT2D eigenvalue weighted by Gasteiger charge is 2.37. The van der Waals surface area contributed by atoms with Crippen LogP contribution >= 0.6 is 0 Å². The van der Waals surface area contributed by atoms with Gasteiger partial charge in [0.1, 0.15) is 11.1 Å². The van der Waals surface area contributed by atoms with Gasteiger partial charge in [0.2, 0.25) is 0 Å². The van der Waals surface area contributed by atoms with Gasteiger partial charge >= 0.3 is 17.9 Å². The Morgan fingerprint density at radius 1 is 0.958 bits per heavy atom. The monoisotopic (exact) mass is 330 g/mol. The van der Waals surface area contributed by atoms with Gasteiger partial charge in [0.25, 0.3) is 11.7 Å². The summed E-state index contributed by atoms with van der Waals surface area (Å²) in [7, 11) is 0. The van der Waals surface area contributed by atoms with Crippen molar-refractivity contribution >= 4 is 46.9 Å². The molecular weight excluding hydrogens is 324 g/mol. The first-order valence-corrected chi connectivity index (χ1v) is 6.30. The number of carbonyl (C=O) groups excluding carboxylic acids is 2. The van der Waals surface area contributed by atoms with E-state index in [0.717, 1.165) is 0 Å². The summed E-state index contributed by atoms with van der Waals surface area (Å²) in [5.74, 6) is -7.99. The van der Waals surface area contributed by atoms with Crippen LogP contribution in [0.5, 0.6) is 0 Å². The minimum Gasteiger partial charge on any atom is -0.478 e. The molecule has 120 valence electrons. The fourth-order valence-electron chi connectivity index (χ4n) is 2.64. The highest BCUT2D eigenvalue weighted by molar-refractivity contribution is 6.64. The SMILES string of the molecule is O=C(O)C1=c2c(c3c(c(C(=O)O)c2C(=O)O)=NC=C3)NC(=O)C1=O. The standard InChI is InChI=1S/C14H6N2O8/c17-10-7(14(23)24)4-5(12(19)20)6(13(21)22)8-3(1-2-15-8)9(4)16-11(10)18/h1-2H,(H,16,18)(H,19,20)(H,21,22)(H,23,24). The molecule has 0 fully saturated rings. The molecule has 2 heterocycles. The maximum absolute atomic E-state index is 11.9. The van der Waals surface area contributed by atoms with E-state index in [2.05, 4.69) is 10.3 Å². The Hall–Kier alpha value is -3.82. The Morgan fingerprint density at radius 2 is 1.58 bits per heavy atom. The Kier molecular flexibility index (Phi) is 3.04. The van der Waals surface area contributed by atoms with Gasteiger partial charge < -0.3 is 20.6 Å². The maximum atomic E-state index is 11.9. The molecule has 0 atom stereocenters. The number of rotatable bonds is 3. The first kappa shape index (κ1) is 15.1. The molecular formula is C14H6N2O8. The first-order chi connectivity index (χ1) is 11.3. The predicted molar refractivity (Wildman–Crippen MR) is 74.9 cm³/mol. The van der Waals surface area contributed by atoms with Gasteiger partial charge in [-0.15, -0.1) is 0 Å². The summed E-state index contributed by atoms with van der Waals surface area (Å²) in [4.78, 5) is 61.9. The normalized spacial score (nSPS) is 14.6. The highest BCUT2D eigenvalue weighted by atomic mass is 16.4. The van der Waals surface area contributed by atoms with Gasteiger partial charge in [-0.05, 0) is 6.08 Å². The van der Waals surface area contributed by atoms with Crippen molar-refractivity contribution in [3.63, 3.8) is 0 Å². The summed E-state index contributed by atoms with van der Waals surface area (Å²) < 4.78 is 0. The van der Waals surface area contributed by atoms with Gasteiger partial charge in [-0.25, -0.2) is 14.4 Å². The second-order valence-corrected chi connectivity index (χ2v) is 4.78. The van der Waals surface area contributed by atoms with Crippen LogP contribution in [0.3, 0.4) is 0 Å². The predicted octanol–water partition coefficient (Wildman–Crippen LogP) is -1.56. The van der Waals surface area contributed by atoms with E-state index < -0.39 is 51.5 Å². The number of carbonyl (C=O) groups is 5. The first-order valence-electron chi connectivity index (χ1n) is 6.30. The number of nitrogens with zero attached hydrogens (tertiary/aromatic N) is 1. The lowest BCUT2D eigenvalue weighted by atomic mass is 9.91. The zero-order chi connectivity index (χ0) is 17.8. The lowest BCUT2D eigenvalue weighted by Crippen LogP contribution is -2.44. The quantitative estimate of drug-likeness (QED) is 0.482. The molecule has 0 radical (unpaired) electrons. The number of aliphatic carboxylic acids is 1. The lowest BCUT2D eigenvalue weighted by Gasteiger charge is -2.18. The second-order valence-electron chi connectivity index (χ2n) is 4.78. The number of Topliss-reactive ketones (excluding diaryl/α,β-unsaturated/α-hetero) is 1. The molecule has 0 aromatic heterocycles. The number of nitrogens with one attached hydrogen (secondary N) is 1. The second kappa shape index (κ2) is 4.84. The van der Waals surface area contributed by atoms with Crippen molar-refractivity contribution in [3.8, 4) is 0 Å². The average molecular weight is 330 g/mol. The van der Waals surface area contributed by atoms with Gasteiger partial charge in [0, 0.05) is 17.0 Å². The van der Waals surface area contributed by atoms with Gasteiger partial charge in [-0.1, -0.05) is 0 Å². The third-order valence-corrected chi connectivity index (χ3v) is 3.52. The topological polar surface area (TPSA) is 170 Å². The minimum atomic E-state index is -1.84. The van der Waals surface area contributed by atoms with Crippen molar-refractivity contribution in [2.75, 3.05) is 5.32 Å². The molecule has 0 unspecified atom stereocenters. The van der Waals surface area contributed by atoms with Crippen molar-refractivity contribution in [1.29, 1.82) is 0 Å². The van der Waals surface area contributed by atoms with Crippen LogP contribution in [0.15, 0.2) is 11.2 Å². The molecule has 10 heteroatoms. The molecule has 10 nitrogen and oxygen atoms in total. The molecule has 1 aromatic carbocycles. The molecule has 1 aromatic rings. The van der Waals surface area contributed by atoms with E-state index in [0.29, 0.717) is 0 Å². The number of ketones is 1. The zero-order valence-electron chi connectivity index (χ0n) is 11.5. The zero-order valence-corrected chi connectivity index (χ0v) is 11.5. The number of hydrogen-bond acceptors (Lipinski definition) is 6. The van der Waals surface area contributed by atoms with Crippen molar-refractivity contribution in [3.05, 3.63) is 33.5 Å². The van der Waals surface area contributed by atoms with E-state index in [1.165, 1.54) is 12.3 Å². The van der Waals surface area contributed by atoms with E-state index in [1.807, 2.05) is 0 Å². The van der Waals surface area contributed by atoms with E-state index in [9.17, 15) is 39.3 Å². The van der Waals surface area contributed by atoms with Crippen LogP contribution in [0.25, 0.3) is 11.6 Å². The minimum absolute atomic E-state index is 0.0204. The summed E-state index contributed by atoms with van der Waals surface area (Å²) in [6.07, 6.45) is 2.45. The molecule has 0 aliphatic carbocycles. The van der Waals surface area contributed by atoms with Crippen LogP contribution in [0.4, 0.5) is 5.69 Å². The van der Waals surface area contributed by atoms with Crippen LogP contribution in [0, 0.1) is 0 Å². The van der Waals surface area contributed by atoms with Gasteiger partial charge in [0.05, 0.1) is 16.6 Å². The van der Waals surface area contributed by atoms with Gasteiger partial charge in [-0.2, -0.15) is 0 Å². The summed E-state index contributed by atoms with van der Waals surface area (Å²) >= 11 is 0. The Bertz CT molecular complexity index is 1050. The van der Waals surface area contributed by atoms with E-state index >= 15 is 0 Å². The highest BCUT2D eigenvalue weighted by Crippen LogP contribution is 2.21. The third-order valence-electron chi connectivity index (χ3n) is 3.52. The van der Waals surface area contributed by atoms with Crippen LogP contribution in [0.2, 0.25) is 0 Å². The van der Waals surface area contributed by atoms with Crippen molar-refractivity contribution in [2.24, 2.45) is 4.99 Å². The number of fused-ring (bicyclic) bond motifs is 3. The number of benzene rings is 1. The van der Waals surface area contributed by atoms with Crippen LogP contribution < -0.4 is 15.9 Å². The Labute approximate surface area is 131 Å². The molecule has 4 N–H and O–H groups in total. The lowest BCUT2D eigenvalue weighted by molar-refractivity contribution is -0.136. The fourth-order valence-corrected chi connectivity index (χ4v) is 2.64. The third kappa shape index (κ3) is 1.83. The number of aromatic carboxylic acids is 2. The number of amides is 1. The summed E-state index contributed by atoms with van der Waals surface area (Å²) in [6, 6.07) is 0. The van der Waals surface area contributed by atoms with E-state index in [4.69, 9.17) is 0 Å². The molecule has 2 aliphatic rings. The Morgan fingerprint density at radius 3 is 2.12 bits per heavy atom. The van der Waals surface area contributed by atoms with E-state index in [1.54, 1.807) is 0 Å². The average Bonchev–Trinajstić information content (AvgIpc) is 2.95. The van der Waals surface area contributed by atoms with Crippen LogP contribution in [0.1, 0.15) is 26.3 Å². The summed E-state index contributed by atoms with van der Waals surface area (Å²) in [6.45, 7) is 0. The Balaban J connectivity index is 2.73. The van der Waals surface area contributed by atoms with Crippen molar-refractivity contribution < 1.29 is 39.3 Å². The molecule has 0 saturated heterocycles. The van der Waals surface area contributed by atoms with Crippen molar-refractivity contribution in [1.82, 2.24) is 0 Å². The summed E-state index contributed by atoms with van der Waals surface area (Å²) in [5, 5.41) is 29.2. The molecule has 2 aliphatic heterocycles. The fraction of sp³-hybridized carbons (Fsp3) is 0. The molecule has 0 bridgehead atoms. The van der Waals surface area contributed by atoms with Crippen LogP contribution in [-0.4, -0.2) is 44.9 Å². The molecule has 3 rings (SSSR count). The van der Waals surface area contributed by atoms with Gasteiger partial charge in [-0.3, -0.25) is 14.6 Å². The van der Waals surface area contributed by atoms with Crippen LogP contribution in [-0.2, 0) is 14.4 Å². The molecule has 1 amide bonds. The van der Waals surface area contributed by atoms with Crippen molar-refractivity contribution in [2.45, 2.75) is 0 Å². The van der Waals surface area contributed by atoms with E-state index in [-0.39, 0.29) is 16.6 Å². The largest absolute Gasteiger partial charge is 0.478 e. The molecule has 24 heavy (non-hydrogen) atoms. The summed E-state index contributed by atoms with van der Waals surface area (Å²) in [5.41, 5.74) is -3.03. The van der Waals surface area contributed by atoms with Gasteiger partial charge in [0.15, 0.2) is 0 Å².